The topological polar surface area (TPSA) is 50.5 Å². The molecule has 0 atom stereocenters. The SMILES string of the molecule is C[N+]([O-])=NNc1c(Br)cc(Br)cc1Br. The van der Waals surface area contributed by atoms with Gasteiger partial charge in [-0.05, 0) is 44.0 Å². The van der Waals surface area contributed by atoms with Gasteiger partial charge in [0.1, 0.15) is 7.05 Å². The van der Waals surface area contributed by atoms with E-state index in [4.69, 9.17) is 0 Å². The molecule has 0 aliphatic rings. The van der Waals surface area contributed by atoms with E-state index in [2.05, 4.69) is 58.4 Å². The molecule has 0 spiro atoms. The predicted octanol–water partition coefficient (Wildman–Crippen LogP) is 3.89. The lowest BCUT2D eigenvalue weighted by Crippen LogP contribution is -1.98. The number of hydroxylamine groups is 1. The molecule has 7 heteroatoms. The van der Waals surface area contributed by atoms with Gasteiger partial charge in [0.2, 0.25) is 0 Å². The molecule has 0 saturated heterocycles. The van der Waals surface area contributed by atoms with Crippen LogP contribution in [-0.2, 0) is 0 Å². The Hall–Kier alpha value is -0.140. The summed E-state index contributed by atoms with van der Waals surface area (Å²) in [5.74, 6) is 0. The standard InChI is InChI=1S/C7H6Br3N3O/c1-13(14)12-11-7-5(9)2-4(8)3-6(7)10/h2-3,11H,1H3. The first-order valence-corrected chi connectivity index (χ1v) is 5.90. The minimum atomic E-state index is 0.445. The first-order chi connectivity index (χ1) is 6.50. The zero-order valence-electron chi connectivity index (χ0n) is 7.09. The summed E-state index contributed by atoms with van der Waals surface area (Å²) < 4.78 is 2.55. The largest absolute Gasteiger partial charge is 0.696 e. The first-order valence-electron chi connectivity index (χ1n) is 3.53. The zero-order valence-corrected chi connectivity index (χ0v) is 11.8. The van der Waals surface area contributed by atoms with Crippen LogP contribution in [0.25, 0.3) is 0 Å². The van der Waals surface area contributed by atoms with Crippen molar-refractivity contribution in [2.75, 3.05) is 12.5 Å². The van der Waals surface area contributed by atoms with E-state index < -0.39 is 0 Å². The van der Waals surface area contributed by atoms with Gasteiger partial charge in [0, 0.05) is 4.47 Å². The van der Waals surface area contributed by atoms with Gasteiger partial charge in [-0.2, -0.15) is 4.86 Å². The van der Waals surface area contributed by atoms with Crippen LogP contribution in [0.1, 0.15) is 0 Å². The molecule has 1 aromatic rings. The summed E-state index contributed by atoms with van der Waals surface area (Å²) in [4.78, 5) is 0.445. The average molecular weight is 388 g/mol. The van der Waals surface area contributed by atoms with E-state index in [0.29, 0.717) is 10.5 Å². The highest BCUT2D eigenvalue weighted by Gasteiger charge is 2.09. The van der Waals surface area contributed by atoms with E-state index in [1.54, 1.807) is 0 Å². The van der Waals surface area contributed by atoms with Crippen molar-refractivity contribution >= 4 is 53.5 Å². The highest BCUT2D eigenvalue weighted by Crippen LogP contribution is 2.34. The summed E-state index contributed by atoms with van der Waals surface area (Å²) in [6, 6.07) is 3.71. The summed E-state index contributed by atoms with van der Waals surface area (Å²) in [6.07, 6.45) is 0. The second-order valence-corrected chi connectivity index (χ2v) is 5.04. The minimum absolute atomic E-state index is 0.445. The van der Waals surface area contributed by atoms with Gasteiger partial charge in [0.05, 0.1) is 14.2 Å². The number of halogens is 3. The maximum Gasteiger partial charge on any atom is 0.175 e. The maximum atomic E-state index is 10.6. The van der Waals surface area contributed by atoms with Gasteiger partial charge >= 0.3 is 0 Å². The normalized spacial score (nSPS) is 11.6. The van der Waals surface area contributed by atoms with Crippen LogP contribution >= 0.6 is 47.8 Å². The fourth-order valence-electron chi connectivity index (χ4n) is 0.769. The summed E-state index contributed by atoms with van der Waals surface area (Å²) in [7, 11) is 1.30. The van der Waals surface area contributed by atoms with Gasteiger partial charge in [-0.1, -0.05) is 15.9 Å². The molecular formula is C7H6Br3N3O. The molecule has 0 unspecified atom stereocenters. The Kier molecular flexibility index (Phi) is 4.33. The van der Waals surface area contributed by atoms with Crippen LogP contribution in [0.5, 0.6) is 0 Å². The van der Waals surface area contributed by atoms with Crippen LogP contribution < -0.4 is 5.43 Å². The quantitative estimate of drug-likeness (QED) is 0.475. The monoisotopic (exact) mass is 385 g/mol. The Morgan fingerprint density at radius 1 is 1.29 bits per heavy atom. The third-order valence-corrected chi connectivity index (χ3v) is 3.02. The molecule has 0 aliphatic heterocycles. The lowest BCUT2D eigenvalue weighted by atomic mass is 10.3. The van der Waals surface area contributed by atoms with Gasteiger partial charge in [0.25, 0.3) is 0 Å². The molecule has 14 heavy (non-hydrogen) atoms. The zero-order chi connectivity index (χ0) is 10.7. The Bertz CT molecular complexity index is 353. The van der Waals surface area contributed by atoms with Crippen molar-refractivity contribution in [3.63, 3.8) is 0 Å². The number of nitrogens with one attached hydrogen (secondary N) is 1. The summed E-state index contributed by atoms with van der Waals surface area (Å²) in [6.45, 7) is 0. The number of anilines is 1. The highest BCUT2D eigenvalue weighted by molar-refractivity contribution is 9.11. The Morgan fingerprint density at radius 3 is 2.21 bits per heavy atom. The molecule has 0 aromatic heterocycles. The van der Waals surface area contributed by atoms with Crippen LogP contribution in [0.3, 0.4) is 0 Å². The molecule has 1 N–H and O–H groups in total. The van der Waals surface area contributed by atoms with Crippen molar-refractivity contribution in [3.05, 3.63) is 30.8 Å². The Balaban J connectivity index is 3.03. The number of benzene rings is 1. The number of nitrogens with zero attached hydrogens (tertiary/aromatic N) is 2. The second-order valence-electron chi connectivity index (χ2n) is 2.42. The van der Waals surface area contributed by atoms with Gasteiger partial charge < -0.3 is 5.21 Å². The van der Waals surface area contributed by atoms with Gasteiger partial charge in [-0.25, -0.2) is 0 Å². The lowest BCUT2D eigenvalue weighted by molar-refractivity contribution is -0.497. The third kappa shape index (κ3) is 3.21. The Labute approximate surface area is 106 Å². The lowest BCUT2D eigenvalue weighted by Gasteiger charge is -2.03. The maximum absolute atomic E-state index is 10.6. The first kappa shape index (κ1) is 11.9. The van der Waals surface area contributed by atoms with E-state index in [1.165, 1.54) is 7.05 Å². The molecule has 0 bridgehead atoms. The van der Waals surface area contributed by atoms with Gasteiger partial charge in [-0.3, -0.25) is 0 Å². The summed E-state index contributed by atoms with van der Waals surface area (Å²) >= 11 is 10.0. The van der Waals surface area contributed by atoms with E-state index in [0.717, 1.165) is 13.4 Å². The van der Waals surface area contributed by atoms with E-state index in [9.17, 15) is 5.21 Å². The van der Waals surface area contributed by atoms with Crippen molar-refractivity contribution in [3.8, 4) is 0 Å². The van der Waals surface area contributed by atoms with Crippen molar-refractivity contribution in [2.24, 2.45) is 5.22 Å². The van der Waals surface area contributed by atoms with Crippen molar-refractivity contribution < 1.29 is 4.86 Å². The van der Waals surface area contributed by atoms with Gasteiger partial charge in [0.15, 0.2) is 5.69 Å². The van der Waals surface area contributed by atoms with Crippen LogP contribution in [-0.4, -0.2) is 11.9 Å². The molecule has 1 rings (SSSR count). The predicted molar refractivity (Wildman–Crippen MR) is 65.1 cm³/mol. The smallest absolute Gasteiger partial charge is 0.175 e. The summed E-state index contributed by atoms with van der Waals surface area (Å²) in [5, 5.41) is 14.1. The molecule has 4 nitrogen and oxygen atoms in total. The number of hydrogen-bond acceptors (Lipinski definition) is 2. The third-order valence-electron chi connectivity index (χ3n) is 1.31. The van der Waals surface area contributed by atoms with Crippen LogP contribution in [0.2, 0.25) is 0 Å². The van der Waals surface area contributed by atoms with Crippen LogP contribution in [0.15, 0.2) is 30.8 Å². The van der Waals surface area contributed by atoms with E-state index in [1.807, 2.05) is 12.1 Å². The molecule has 0 fully saturated rings. The Morgan fingerprint density at radius 2 is 1.79 bits per heavy atom. The minimum Gasteiger partial charge on any atom is -0.696 e. The molecular weight excluding hydrogens is 382 g/mol. The number of rotatable bonds is 2. The average Bonchev–Trinajstić information content (AvgIpc) is 2.01. The fourth-order valence-corrected chi connectivity index (χ4v) is 3.21. The summed E-state index contributed by atoms with van der Waals surface area (Å²) in [5.41, 5.74) is 3.34. The molecule has 76 valence electrons. The van der Waals surface area contributed by atoms with Crippen LogP contribution in [0, 0.1) is 5.21 Å². The van der Waals surface area contributed by atoms with E-state index >= 15 is 0 Å². The number of hydrogen-bond donors (Lipinski definition) is 1. The highest BCUT2D eigenvalue weighted by atomic mass is 79.9. The molecule has 0 heterocycles. The molecule has 0 radical (unpaired) electrons. The molecule has 0 saturated carbocycles. The van der Waals surface area contributed by atoms with Crippen molar-refractivity contribution in [1.82, 2.24) is 0 Å². The molecule has 0 amide bonds. The van der Waals surface area contributed by atoms with Crippen molar-refractivity contribution in [1.29, 1.82) is 0 Å². The molecule has 0 aliphatic carbocycles. The van der Waals surface area contributed by atoms with Gasteiger partial charge in [-0.15, -0.1) is 5.43 Å². The van der Waals surface area contributed by atoms with E-state index in [-0.39, 0.29) is 0 Å². The second kappa shape index (κ2) is 5.09. The molecule has 1 aromatic carbocycles. The fraction of sp³-hybridized carbons (Fsp3) is 0.143. The van der Waals surface area contributed by atoms with Crippen molar-refractivity contribution in [2.45, 2.75) is 0 Å². The van der Waals surface area contributed by atoms with Crippen LogP contribution in [0.4, 0.5) is 5.69 Å².